The molecule has 82 valence electrons. The van der Waals surface area contributed by atoms with Crippen molar-refractivity contribution in [2.24, 2.45) is 0 Å². The second kappa shape index (κ2) is 5.32. The van der Waals surface area contributed by atoms with Crippen molar-refractivity contribution in [2.75, 3.05) is 37.0 Å². The Bertz CT molecular complexity index is 298. The lowest BCUT2D eigenvalue weighted by molar-refractivity contribution is 0.122. The van der Waals surface area contributed by atoms with Gasteiger partial charge in [0.05, 0.1) is 25.6 Å². The fourth-order valence-corrected chi connectivity index (χ4v) is 2.04. The number of morpholine rings is 1. The van der Waals surface area contributed by atoms with Crippen LogP contribution in [-0.4, -0.2) is 42.0 Å². The molecule has 1 aromatic heterocycles. The van der Waals surface area contributed by atoms with Gasteiger partial charge in [-0.15, -0.1) is 11.8 Å². The van der Waals surface area contributed by atoms with Crippen molar-refractivity contribution in [2.45, 2.75) is 11.9 Å². The Morgan fingerprint density at radius 3 is 2.73 bits per heavy atom. The first-order valence-electron chi connectivity index (χ1n) is 5.17. The lowest BCUT2D eigenvalue weighted by Gasteiger charge is -2.27. The zero-order chi connectivity index (χ0) is 10.5. The molecule has 0 spiro atoms. The Hall–Kier alpha value is -0.810. The van der Waals surface area contributed by atoms with Crippen LogP contribution in [0.25, 0.3) is 0 Å². The van der Waals surface area contributed by atoms with E-state index in [9.17, 15) is 0 Å². The fourth-order valence-electron chi connectivity index (χ4n) is 1.49. The molecule has 15 heavy (non-hydrogen) atoms. The lowest BCUT2D eigenvalue weighted by atomic mass is 10.4. The number of hydrogen-bond donors (Lipinski definition) is 0. The smallest absolute Gasteiger partial charge is 0.147 e. The molecule has 1 aliphatic rings. The van der Waals surface area contributed by atoms with Crippen LogP contribution >= 0.6 is 11.8 Å². The van der Waals surface area contributed by atoms with Gasteiger partial charge in [0.1, 0.15) is 10.8 Å². The van der Waals surface area contributed by atoms with E-state index < -0.39 is 0 Å². The molecule has 0 unspecified atom stereocenters. The van der Waals surface area contributed by atoms with Crippen LogP contribution in [0.1, 0.15) is 6.92 Å². The van der Waals surface area contributed by atoms with Gasteiger partial charge in [-0.1, -0.05) is 6.92 Å². The van der Waals surface area contributed by atoms with Gasteiger partial charge >= 0.3 is 0 Å². The van der Waals surface area contributed by atoms with Gasteiger partial charge in [-0.2, -0.15) is 0 Å². The second-order valence-electron chi connectivity index (χ2n) is 3.25. The van der Waals surface area contributed by atoms with Crippen LogP contribution in [0.15, 0.2) is 17.4 Å². The van der Waals surface area contributed by atoms with Gasteiger partial charge in [0.2, 0.25) is 0 Å². The number of aromatic nitrogens is 2. The van der Waals surface area contributed by atoms with Gasteiger partial charge in [-0.3, -0.25) is 0 Å². The summed E-state index contributed by atoms with van der Waals surface area (Å²) in [6, 6.07) is 0. The fraction of sp³-hybridized carbons (Fsp3) is 0.600. The molecule has 0 atom stereocenters. The zero-order valence-corrected chi connectivity index (χ0v) is 9.66. The predicted octanol–water partition coefficient (Wildman–Crippen LogP) is 1.43. The first-order valence-corrected chi connectivity index (χ1v) is 6.16. The molecule has 5 heteroatoms. The average Bonchev–Trinajstić information content (AvgIpc) is 2.32. The number of ether oxygens (including phenoxy) is 1. The molecule has 0 amide bonds. The predicted molar refractivity (Wildman–Crippen MR) is 61.5 cm³/mol. The van der Waals surface area contributed by atoms with Crippen molar-refractivity contribution in [3.63, 3.8) is 0 Å². The van der Waals surface area contributed by atoms with E-state index in [1.165, 1.54) is 0 Å². The normalized spacial score (nSPS) is 16.7. The van der Waals surface area contributed by atoms with Crippen LogP contribution in [0.3, 0.4) is 0 Å². The summed E-state index contributed by atoms with van der Waals surface area (Å²) in [4.78, 5) is 11.0. The summed E-state index contributed by atoms with van der Waals surface area (Å²) in [5.41, 5.74) is 0. The second-order valence-corrected chi connectivity index (χ2v) is 4.53. The molecule has 1 fully saturated rings. The third kappa shape index (κ3) is 2.82. The minimum Gasteiger partial charge on any atom is -0.378 e. The van der Waals surface area contributed by atoms with E-state index in [1.807, 2.05) is 12.4 Å². The maximum Gasteiger partial charge on any atom is 0.147 e. The van der Waals surface area contributed by atoms with E-state index in [1.54, 1.807) is 11.8 Å². The van der Waals surface area contributed by atoms with Crippen LogP contribution < -0.4 is 4.90 Å². The summed E-state index contributed by atoms with van der Waals surface area (Å²) in [6.07, 6.45) is 3.70. The van der Waals surface area contributed by atoms with Crippen LogP contribution in [0.5, 0.6) is 0 Å². The maximum atomic E-state index is 5.29. The minimum absolute atomic E-state index is 0.785. The first kappa shape index (κ1) is 10.7. The summed E-state index contributed by atoms with van der Waals surface area (Å²) in [5, 5.41) is 0.995. The summed E-state index contributed by atoms with van der Waals surface area (Å²) in [5.74, 6) is 1.99. The molecule has 2 rings (SSSR count). The average molecular weight is 225 g/mol. The van der Waals surface area contributed by atoms with E-state index in [0.717, 1.165) is 42.9 Å². The standard InChI is InChI=1S/C10H15N3OS/c1-2-15-10-8-11-9(7-12-10)13-3-5-14-6-4-13/h7-8H,2-6H2,1H3. The molecule has 0 bridgehead atoms. The number of anilines is 1. The number of nitrogens with zero attached hydrogens (tertiary/aromatic N) is 3. The molecule has 0 radical (unpaired) electrons. The summed E-state index contributed by atoms with van der Waals surface area (Å²) in [6.45, 7) is 5.51. The van der Waals surface area contributed by atoms with Crippen molar-refractivity contribution in [1.82, 2.24) is 9.97 Å². The largest absolute Gasteiger partial charge is 0.378 e. The van der Waals surface area contributed by atoms with Gasteiger partial charge in [0, 0.05) is 13.1 Å². The molecule has 0 aromatic carbocycles. The molecule has 2 heterocycles. The third-order valence-corrected chi connectivity index (χ3v) is 3.04. The highest BCUT2D eigenvalue weighted by Gasteiger charge is 2.12. The first-order chi connectivity index (χ1) is 7.40. The van der Waals surface area contributed by atoms with Gasteiger partial charge in [0.15, 0.2) is 0 Å². The Labute approximate surface area is 94.1 Å². The summed E-state index contributed by atoms with van der Waals surface area (Å²) in [7, 11) is 0. The molecule has 4 nitrogen and oxygen atoms in total. The van der Waals surface area contributed by atoms with Crippen LogP contribution in [0.2, 0.25) is 0 Å². The number of rotatable bonds is 3. The molecule has 1 saturated heterocycles. The molecule has 1 aliphatic heterocycles. The van der Waals surface area contributed by atoms with E-state index in [0.29, 0.717) is 0 Å². The van der Waals surface area contributed by atoms with Crippen LogP contribution in [0.4, 0.5) is 5.82 Å². The SMILES string of the molecule is CCSc1cnc(N2CCOCC2)cn1. The lowest BCUT2D eigenvalue weighted by Crippen LogP contribution is -2.36. The number of thioether (sulfide) groups is 1. The molecule has 1 aromatic rings. The highest BCUT2D eigenvalue weighted by Crippen LogP contribution is 2.16. The van der Waals surface area contributed by atoms with E-state index in [4.69, 9.17) is 4.74 Å². The molecule has 0 saturated carbocycles. The Kier molecular flexibility index (Phi) is 3.80. The Balaban J connectivity index is 2.02. The number of hydrogen-bond acceptors (Lipinski definition) is 5. The van der Waals surface area contributed by atoms with Crippen LogP contribution in [-0.2, 0) is 4.74 Å². The maximum absolute atomic E-state index is 5.29. The quantitative estimate of drug-likeness (QED) is 0.727. The van der Waals surface area contributed by atoms with Gasteiger partial charge in [0.25, 0.3) is 0 Å². The summed E-state index contributed by atoms with van der Waals surface area (Å²) >= 11 is 1.71. The molecule has 0 N–H and O–H groups in total. The van der Waals surface area contributed by atoms with Gasteiger partial charge in [-0.05, 0) is 5.75 Å². The third-order valence-electron chi connectivity index (χ3n) is 2.24. The highest BCUT2D eigenvalue weighted by molar-refractivity contribution is 7.99. The molecule has 0 aliphatic carbocycles. The minimum atomic E-state index is 0.785. The summed E-state index contributed by atoms with van der Waals surface area (Å²) < 4.78 is 5.29. The van der Waals surface area contributed by atoms with Crippen molar-refractivity contribution in [1.29, 1.82) is 0 Å². The van der Waals surface area contributed by atoms with E-state index >= 15 is 0 Å². The van der Waals surface area contributed by atoms with Crippen molar-refractivity contribution < 1.29 is 4.74 Å². The molecular weight excluding hydrogens is 210 g/mol. The van der Waals surface area contributed by atoms with Gasteiger partial charge in [-0.25, -0.2) is 9.97 Å². The topological polar surface area (TPSA) is 38.2 Å². The van der Waals surface area contributed by atoms with E-state index in [-0.39, 0.29) is 0 Å². The Morgan fingerprint density at radius 1 is 1.33 bits per heavy atom. The monoisotopic (exact) mass is 225 g/mol. The van der Waals surface area contributed by atoms with Gasteiger partial charge < -0.3 is 9.64 Å². The van der Waals surface area contributed by atoms with E-state index in [2.05, 4.69) is 21.8 Å². The Morgan fingerprint density at radius 2 is 2.13 bits per heavy atom. The van der Waals surface area contributed by atoms with Crippen molar-refractivity contribution in [3.05, 3.63) is 12.4 Å². The highest BCUT2D eigenvalue weighted by atomic mass is 32.2. The van der Waals surface area contributed by atoms with Crippen molar-refractivity contribution >= 4 is 17.6 Å². The molecular formula is C10H15N3OS. The zero-order valence-electron chi connectivity index (χ0n) is 8.85. The van der Waals surface area contributed by atoms with Crippen molar-refractivity contribution in [3.8, 4) is 0 Å². The van der Waals surface area contributed by atoms with Crippen LogP contribution in [0, 0.1) is 0 Å².